The molecule has 0 aliphatic heterocycles. The summed E-state index contributed by atoms with van der Waals surface area (Å²) in [5.41, 5.74) is 8.64. The van der Waals surface area contributed by atoms with E-state index in [4.69, 9.17) is 15.2 Å². The predicted octanol–water partition coefficient (Wildman–Crippen LogP) is 3.47. The maximum absolute atomic E-state index is 5.91. The molecule has 0 amide bonds. The lowest BCUT2D eigenvalue weighted by atomic mass is 10.1. The topological polar surface area (TPSA) is 70.3 Å². The van der Waals surface area contributed by atoms with Crippen LogP contribution in [0, 0.1) is 0 Å². The van der Waals surface area contributed by atoms with Gasteiger partial charge in [-0.15, -0.1) is 0 Å². The van der Waals surface area contributed by atoms with Crippen molar-refractivity contribution in [2.75, 3.05) is 20.0 Å². The van der Waals surface area contributed by atoms with Crippen molar-refractivity contribution in [3.63, 3.8) is 0 Å². The first-order valence-corrected chi connectivity index (χ1v) is 7.43. The lowest BCUT2D eigenvalue weighted by Gasteiger charge is -2.09. The summed E-state index contributed by atoms with van der Waals surface area (Å²) in [5, 5.41) is 0.517. The molecule has 112 valence electrons. The van der Waals surface area contributed by atoms with Crippen molar-refractivity contribution in [3.8, 4) is 33.2 Å². The van der Waals surface area contributed by atoms with E-state index in [2.05, 4.69) is 9.97 Å². The minimum atomic E-state index is 0.517. The summed E-state index contributed by atoms with van der Waals surface area (Å²) >= 11 is 1.44. The molecule has 3 aromatic rings. The van der Waals surface area contributed by atoms with Gasteiger partial charge in [0.1, 0.15) is 0 Å². The number of ether oxygens (including phenoxy) is 2. The summed E-state index contributed by atoms with van der Waals surface area (Å²) in [5.74, 6) is 1.33. The first-order chi connectivity index (χ1) is 10.7. The lowest BCUT2D eigenvalue weighted by molar-refractivity contribution is 0.355. The van der Waals surface area contributed by atoms with Gasteiger partial charge in [0.05, 0.1) is 24.8 Å². The van der Waals surface area contributed by atoms with Gasteiger partial charge >= 0.3 is 0 Å². The first kappa shape index (κ1) is 14.3. The molecule has 0 bridgehead atoms. The molecule has 2 N–H and O–H groups in total. The van der Waals surface area contributed by atoms with Gasteiger partial charge < -0.3 is 15.2 Å². The Labute approximate surface area is 132 Å². The second-order valence-electron chi connectivity index (χ2n) is 4.54. The fourth-order valence-corrected chi connectivity index (χ4v) is 3.05. The highest BCUT2D eigenvalue weighted by Gasteiger charge is 2.15. The predicted molar refractivity (Wildman–Crippen MR) is 88.3 cm³/mol. The van der Waals surface area contributed by atoms with E-state index in [1.807, 2.05) is 30.3 Å². The molecule has 0 aliphatic rings. The molecule has 0 saturated heterocycles. The number of nitrogens with zero attached hydrogens (tertiary/aromatic N) is 2. The molecule has 0 unspecified atom stereocenters. The number of thiazole rings is 1. The molecule has 0 aliphatic carbocycles. The van der Waals surface area contributed by atoms with E-state index < -0.39 is 0 Å². The zero-order valence-corrected chi connectivity index (χ0v) is 13.1. The largest absolute Gasteiger partial charge is 0.493 e. The van der Waals surface area contributed by atoms with Crippen LogP contribution in [-0.4, -0.2) is 24.2 Å². The summed E-state index contributed by atoms with van der Waals surface area (Å²) < 4.78 is 10.6. The van der Waals surface area contributed by atoms with Gasteiger partial charge in [-0.1, -0.05) is 17.4 Å². The number of hydrogen-bond acceptors (Lipinski definition) is 6. The number of rotatable bonds is 4. The van der Waals surface area contributed by atoms with Crippen molar-refractivity contribution in [2.45, 2.75) is 0 Å². The monoisotopic (exact) mass is 313 g/mol. The Hall–Kier alpha value is -2.60. The second-order valence-corrected chi connectivity index (χ2v) is 5.57. The molecular weight excluding hydrogens is 298 g/mol. The zero-order valence-electron chi connectivity index (χ0n) is 12.2. The number of methoxy groups -OCH3 is 2. The third-order valence-electron chi connectivity index (χ3n) is 3.22. The molecule has 2 aromatic heterocycles. The lowest BCUT2D eigenvalue weighted by Crippen LogP contribution is -1.92. The van der Waals surface area contributed by atoms with Crippen LogP contribution >= 0.6 is 11.3 Å². The van der Waals surface area contributed by atoms with Crippen LogP contribution in [0.2, 0.25) is 0 Å². The third kappa shape index (κ3) is 2.60. The maximum Gasteiger partial charge on any atom is 0.181 e. The molecule has 1 aromatic carbocycles. The van der Waals surface area contributed by atoms with E-state index in [1.165, 1.54) is 11.3 Å². The standard InChI is InChI=1S/C16H15N3O2S/c1-20-12-6-5-10(8-13(12)21-2)14-15(22-16(17)19-14)11-4-3-7-18-9-11/h3-9H,1-2H3,(H2,17,19). The van der Waals surface area contributed by atoms with Crippen LogP contribution in [0.4, 0.5) is 5.13 Å². The molecule has 3 rings (SSSR count). The van der Waals surface area contributed by atoms with Crippen LogP contribution in [0.15, 0.2) is 42.7 Å². The van der Waals surface area contributed by atoms with E-state index in [0.29, 0.717) is 16.6 Å². The van der Waals surface area contributed by atoms with Crippen molar-refractivity contribution in [1.29, 1.82) is 0 Å². The van der Waals surface area contributed by atoms with E-state index >= 15 is 0 Å². The third-order valence-corrected chi connectivity index (χ3v) is 4.16. The van der Waals surface area contributed by atoms with Gasteiger partial charge in [-0.2, -0.15) is 0 Å². The van der Waals surface area contributed by atoms with Gasteiger partial charge in [0.2, 0.25) is 0 Å². The van der Waals surface area contributed by atoms with Crippen LogP contribution in [0.5, 0.6) is 11.5 Å². The molecule has 5 nitrogen and oxygen atoms in total. The molecule has 6 heteroatoms. The highest BCUT2D eigenvalue weighted by Crippen LogP contribution is 2.40. The van der Waals surface area contributed by atoms with Crippen molar-refractivity contribution in [3.05, 3.63) is 42.7 Å². The minimum Gasteiger partial charge on any atom is -0.493 e. The minimum absolute atomic E-state index is 0.517. The molecule has 0 fully saturated rings. The normalized spacial score (nSPS) is 10.5. The number of nitrogens with two attached hydrogens (primary N) is 1. The van der Waals surface area contributed by atoms with E-state index in [0.717, 1.165) is 21.7 Å². The van der Waals surface area contributed by atoms with Crippen LogP contribution in [-0.2, 0) is 0 Å². The van der Waals surface area contributed by atoms with Crippen LogP contribution < -0.4 is 15.2 Å². The molecule has 0 atom stereocenters. The summed E-state index contributed by atoms with van der Waals surface area (Å²) in [4.78, 5) is 9.60. The van der Waals surface area contributed by atoms with Gasteiger partial charge in [0.15, 0.2) is 16.6 Å². The average molecular weight is 313 g/mol. The number of anilines is 1. The number of hydrogen-bond donors (Lipinski definition) is 1. The molecule has 0 radical (unpaired) electrons. The zero-order chi connectivity index (χ0) is 15.5. The van der Waals surface area contributed by atoms with Crippen LogP contribution in [0.25, 0.3) is 21.7 Å². The number of aromatic nitrogens is 2. The molecule has 22 heavy (non-hydrogen) atoms. The summed E-state index contributed by atoms with van der Waals surface area (Å²) in [6.45, 7) is 0. The Kier molecular flexibility index (Phi) is 3.93. The van der Waals surface area contributed by atoms with E-state index in [-0.39, 0.29) is 0 Å². The highest BCUT2D eigenvalue weighted by atomic mass is 32.1. The average Bonchev–Trinajstić information content (AvgIpc) is 2.97. The molecule has 0 spiro atoms. The van der Waals surface area contributed by atoms with Crippen molar-refractivity contribution >= 4 is 16.5 Å². The smallest absolute Gasteiger partial charge is 0.181 e. The van der Waals surface area contributed by atoms with Gasteiger partial charge in [-0.3, -0.25) is 4.98 Å². The maximum atomic E-state index is 5.91. The number of nitrogen functional groups attached to an aromatic ring is 1. The summed E-state index contributed by atoms with van der Waals surface area (Å²) in [6.07, 6.45) is 3.54. The summed E-state index contributed by atoms with van der Waals surface area (Å²) in [6, 6.07) is 9.58. The van der Waals surface area contributed by atoms with E-state index in [9.17, 15) is 0 Å². The van der Waals surface area contributed by atoms with Gasteiger partial charge in [0, 0.05) is 23.5 Å². The fraction of sp³-hybridized carbons (Fsp3) is 0.125. The van der Waals surface area contributed by atoms with Crippen LogP contribution in [0.1, 0.15) is 0 Å². The molecular formula is C16H15N3O2S. The second kappa shape index (κ2) is 6.03. The Balaban J connectivity index is 2.13. The van der Waals surface area contributed by atoms with Gasteiger partial charge in [0.25, 0.3) is 0 Å². The van der Waals surface area contributed by atoms with Crippen molar-refractivity contribution in [1.82, 2.24) is 9.97 Å². The Morgan fingerprint density at radius 1 is 1.05 bits per heavy atom. The van der Waals surface area contributed by atoms with Crippen LogP contribution in [0.3, 0.4) is 0 Å². The Bertz CT molecular complexity index is 787. The number of benzene rings is 1. The Morgan fingerprint density at radius 2 is 1.86 bits per heavy atom. The summed E-state index contributed by atoms with van der Waals surface area (Å²) in [7, 11) is 3.22. The first-order valence-electron chi connectivity index (χ1n) is 6.62. The van der Waals surface area contributed by atoms with Crippen molar-refractivity contribution in [2.24, 2.45) is 0 Å². The van der Waals surface area contributed by atoms with Gasteiger partial charge in [-0.05, 0) is 24.3 Å². The van der Waals surface area contributed by atoms with Gasteiger partial charge in [-0.25, -0.2) is 4.98 Å². The fourth-order valence-electron chi connectivity index (χ4n) is 2.21. The molecule has 2 heterocycles. The quantitative estimate of drug-likeness (QED) is 0.798. The SMILES string of the molecule is COc1ccc(-c2nc(N)sc2-c2cccnc2)cc1OC. The van der Waals surface area contributed by atoms with E-state index in [1.54, 1.807) is 26.6 Å². The highest BCUT2D eigenvalue weighted by molar-refractivity contribution is 7.19. The number of pyridine rings is 1. The van der Waals surface area contributed by atoms with Crippen molar-refractivity contribution < 1.29 is 9.47 Å². The Morgan fingerprint density at radius 3 is 2.55 bits per heavy atom. The molecule has 0 saturated carbocycles.